The fourth-order valence-electron chi connectivity index (χ4n) is 3.65. The maximum Gasteiger partial charge on any atom is 0.234 e. The molecule has 0 aromatic carbocycles. The van der Waals surface area contributed by atoms with Crippen LogP contribution >= 0.6 is 11.6 Å². The smallest absolute Gasteiger partial charge is 0.234 e. The first kappa shape index (κ1) is 17.9. The van der Waals surface area contributed by atoms with Crippen LogP contribution in [0.4, 0.5) is 0 Å². The van der Waals surface area contributed by atoms with Gasteiger partial charge in [-0.3, -0.25) is 14.2 Å². The van der Waals surface area contributed by atoms with Crippen LogP contribution in [0.15, 0.2) is 31.0 Å². The van der Waals surface area contributed by atoms with E-state index in [-0.39, 0.29) is 5.91 Å². The number of imidazole rings is 1. The average Bonchev–Trinajstić information content (AvgIpc) is 2.92. The van der Waals surface area contributed by atoms with Gasteiger partial charge in [0.05, 0.1) is 35.0 Å². The van der Waals surface area contributed by atoms with Gasteiger partial charge < -0.3 is 4.90 Å². The summed E-state index contributed by atoms with van der Waals surface area (Å²) in [5.41, 5.74) is 2.53. The van der Waals surface area contributed by atoms with Gasteiger partial charge in [-0.05, 0) is 31.6 Å². The first-order chi connectivity index (χ1) is 13.1. The number of rotatable bonds is 3. The third kappa shape index (κ3) is 3.93. The number of nitrogens with zero attached hydrogens (tertiary/aromatic N) is 6. The molecule has 0 bridgehead atoms. The summed E-state index contributed by atoms with van der Waals surface area (Å²) < 4.78 is 1.83. The average molecular weight is 385 g/mol. The molecule has 0 saturated carbocycles. The second kappa shape index (κ2) is 7.60. The predicted octanol–water partition coefficient (Wildman–Crippen LogP) is 3.03. The van der Waals surface area contributed by atoms with Crippen LogP contribution in [0, 0.1) is 5.92 Å². The number of carbonyl (C=O) groups is 1. The lowest BCUT2D eigenvalue weighted by Crippen LogP contribution is -2.29. The summed E-state index contributed by atoms with van der Waals surface area (Å²) in [6, 6.07) is 0. The van der Waals surface area contributed by atoms with Crippen LogP contribution < -0.4 is 0 Å². The van der Waals surface area contributed by atoms with Crippen LogP contribution in [0.1, 0.15) is 31.9 Å². The highest BCUT2D eigenvalue weighted by molar-refractivity contribution is 6.30. The van der Waals surface area contributed by atoms with Gasteiger partial charge >= 0.3 is 0 Å². The summed E-state index contributed by atoms with van der Waals surface area (Å²) in [6.45, 7) is 3.32. The van der Waals surface area contributed by atoms with E-state index in [0.717, 1.165) is 55.9 Å². The van der Waals surface area contributed by atoms with Crippen LogP contribution in [0.25, 0.3) is 17.2 Å². The van der Waals surface area contributed by atoms with E-state index >= 15 is 0 Å². The van der Waals surface area contributed by atoms with Crippen molar-refractivity contribution in [1.82, 2.24) is 29.2 Å². The van der Waals surface area contributed by atoms with E-state index in [4.69, 9.17) is 16.6 Å². The Bertz CT molecular complexity index is 972. The molecule has 1 atom stereocenters. The molecule has 27 heavy (non-hydrogen) atoms. The summed E-state index contributed by atoms with van der Waals surface area (Å²) in [6.07, 6.45) is 12.7. The zero-order valence-electron chi connectivity index (χ0n) is 15.2. The van der Waals surface area contributed by atoms with E-state index in [0.29, 0.717) is 16.7 Å². The Hall–Kier alpha value is -2.54. The topological polar surface area (TPSA) is 76.3 Å². The number of amides is 1. The Morgan fingerprint density at radius 3 is 2.89 bits per heavy atom. The number of aromatic nitrogens is 5. The molecule has 140 valence electrons. The number of carbonyl (C=O) groups excluding carboxylic acids is 1. The second-order valence-electron chi connectivity index (χ2n) is 6.99. The van der Waals surface area contributed by atoms with Crippen LogP contribution in [0.2, 0.25) is 5.02 Å². The molecule has 0 N–H and O–H groups in total. The van der Waals surface area contributed by atoms with Gasteiger partial charge in [0.2, 0.25) is 11.7 Å². The molecular formula is C19H21ClN6O. The summed E-state index contributed by atoms with van der Waals surface area (Å²) in [5, 5.41) is 0.541. The van der Waals surface area contributed by atoms with Crippen molar-refractivity contribution < 1.29 is 4.79 Å². The molecule has 4 rings (SSSR count). The van der Waals surface area contributed by atoms with Gasteiger partial charge in [-0.15, -0.1) is 0 Å². The van der Waals surface area contributed by atoms with Gasteiger partial charge in [0.25, 0.3) is 0 Å². The molecule has 1 aliphatic heterocycles. The molecule has 1 unspecified atom stereocenters. The maximum atomic E-state index is 11.6. The van der Waals surface area contributed by atoms with Crippen LogP contribution in [-0.2, 0) is 11.2 Å². The Labute approximate surface area is 162 Å². The lowest BCUT2D eigenvalue weighted by atomic mass is 9.95. The monoisotopic (exact) mass is 384 g/mol. The van der Waals surface area contributed by atoms with E-state index in [1.807, 2.05) is 15.5 Å². The normalized spacial score (nSPS) is 17.9. The minimum absolute atomic E-state index is 0.164. The first-order valence-electron chi connectivity index (χ1n) is 9.15. The molecule has 7 nitrogen and oxygen atoms in total. The maximum absolute atomic E-state index is 11.6. The SMILES string of the molecule is CC(=O)N1CCCC(Cc2cncc(-c3cnc4ncc(Cl)cn34)n2)CC1. The highest BCUT2D eigenvalue weighted by atomic mass is 35.5. The van der Waals surface area contributed by atoms with Gasteiger partial charge in [0.15, 0.2) is 0 Å². The molecule has 0 spiro atoms. The molecule has 4 heterocycles. The Kier molecular flexibility index (Phi) is 5.03. The van der Waals surface area contributed by atoms with Gasteiger partial charge in [-0.1, -0.05) is 11.6 Å². The van der Waals surface area contributed by atoms with Crippen LogP contribution in [0.5, 0.6) is 0 Å². The summed E-state index contributed by atoms with van der Waals surface area (Å²) >= 11 is 6.07. The minimum Gasteiger partial charge on any atom is -0.343 e. The third-order valence-corrected chi connectivity index (χ3v) is 5.27. The first-order valence-corrected chi connectivity index (χ1v) is 9.53. The molecule has 0 aliphatic carbocycles. The van der Waals surface area contributed by atoms with Crippen molar-refractivity contribution in [3.8, 4) is 11.4 Å². The zero-order valence-corrected chi connectivity index (χ0v) is 15.9. The van der Waals surface area contributed by atoms with Crippen molar-refractivity contribution in [3.63, 3.8) is 0 Å². The van der Waals surface area contributed by atoms with Crippen molar-refractivity contribution in [2.75, 3.05) is 13.1 Å². The van der Waals surface area contributed by atoms with Crippen molar-refractivity contribution in [3.05, 3.63) is 41.7 Å². The molecule has 1 amide bonds. The van der Waals surface area contributed by atoms with Crippen molar-refractivity contribution in [2.24, 2.45) is 5.92 Å². The summed E-state index contributed by atoms with van der Waals surface area (Å²) in [7, 11) is 0. The second-order valence-corrected chi connectivity index (χ2v) is 7.42. The zero-order chi connectivity index (χ0) is 18.8. The van der Waals surface area contributed by atoms with Crippen molar-refractivity contribution in [1.29, 1.82) is 0 Å². The van der Waals surface area contributed by atoms with E-state index in [1.54, 1.807) is 31.7 Å². The highest BCUT2D eigenvalue weighted by Gasteiger charge is 2.20. The molecule has 1 fully saturated rings. The third-order valence-electron chi connectivity index (χ3n) is 5.07. The quantitative estimate of drug-likeness (QED) is 0.693. The number of hydrogen-bond donors (Lipinski definition) is 0. The lowest BCUT2D eigenvalue weighted by molar-refractivity contribution is -0.128. The van der Waals surface area contributed by atoms with E-state index in [2.05, 4.69) is 15.0 Å². The van der Waals surface area contributed by atoms with Gasteiger partial charge in [-0.25, -0.2) is 15.0 Å². The minimum atomic E-state index is 0.164. The van der Waals surface area contributed by atoms with Gasteiger partial charge in [0.1, 0.15) is 5.69 Å². The molecule has 1 aliphatic rings. The standard InChI is InChI=1S/C19H21ClN6O/c1-13(27)25-5-2-3-14(4-6-25)7-16-9-21-10-17(24-16)18-11-23-19-22-8-15(20)12-26(18)19/h8-12,14H,2-7H2,1H3. The van der Waals surface area contributed by atoms with Gasteiger partial charge in [0, 0.05) is 32.4 Å². The molecular weight excluding hydrogens is 364 g/mol. The molecule has 8 heteroatoms. The van der Waals surface area contributed by atoms with Crippen molar-refractivity contribution in [2.45, 2.75) is 32.6 Å². The van der Waals surface area contributed by atoms with Crippen molar-refractivity contribution >= 4 is 23.3 Å². The predicted molar refractivity (Wildman–Crippen MR) is 102 cm³/mol. The van der Waals surface area contributed by atoms with Gasteiger partial charge in [-0.2, -0.15) is 0 Å². The number of hydrogen-bond acceptors (Lipinski definition) is 5. The Balaban J connectivity index is 1.54. The van der Waals surface area contributed by atoms with Crippen LogP contribution in [-0.4, -0.2) is 48.2 Å². The molecule has 3 aromatic heterocycles. The largest absolute Gasteiger partial charge is 0.343 e. The number of halogens is 1. The molecule has 3 aromatic rings. The molecule has 1 saturated heterocycles. The molecule has 0 radical (unpaired) electrons. The van der Waals surface area contributed by atoms with E-state index < -0.39 is 0 Å². The Morgan fingerprint density at radius 2 is 2.04 bits per heavy atom. The fraction of sp³-hybridized carbons (Fsp3) is 0.421. The fourth-order valence-corrected chi connectivity index (χ4v) is 3.79. The van der Waals surface area contributed by atoms with E-state index in [1.165, 1.54) is 0 Å². The van der Waals surface area contributed by atoms with E-state index in [9.17, 15) is 4.79 Å². The lowest BCUT2D eigenvalue weighted by Gasteiger charge is -2.18. The number of fused-ring (bicyclic) bond motifs is 1. The van der Waals surface area contributed by atoms with Crippen LogP contribution in [0.3, 0.4) is 0 Å². The summed E-state index contributed by atoms with van der Waals surface area (Å²) in [5.74, 6) is 1.25. The number of likely N-dealkylation sites (tertiary alicyclic amines) is 1. The highest BCUT2D eigenvalue weighted by Crippen LogP contribution is 2.23. The Morgan fingerprint density at radius 1 is 1.19 bits per heavy atom. The summed E-state index contributed by atoms with van der Waals surface area (Å²) in [4.78, 5) is 31.2.